The second kappa shape index (κ2) is 7.76. The topological polar surface area (TPSA) is 44.3 Å². The van der Waals surface area contributed by atoms with Crippen LogP contribution in [0.1, 0.15) is 12.8 Å². The lowest BCUT2D eigenvalue weighted by atomic mass is 10.0. The van der Waals surface area contributed by atoms with Gasteiger partial charge in [0, 0.05) is 38.6 Å². The highest BCUT2D eigenvalue weighted by atomic mass is 35.5. The second-order valence-electron chi connectivity index (χ2n) is 5.52. The summed E-state index contributed by atoms with van der Waals surface area (Å²) in [5, 5.41) is 3.45. The van der Waals surface area contributed by atoms with Crippen molar-refractivity contribution in [1.82, 2.24) is 20.2 Å². The van der Waals surface area contributed by atoms with Crippen LogP contribution in [0, 0.1) is 5.92 Å². The summed E-state index contributed by atoms with van der Waals surface area (Å²) in [6.07, 6.45) is 6.34. The smallest absolute Gasteiger partial charge is 0.225 e. The number of hydrogen-bond donors (Lipinski definition) is 1. The van der Waals surface area contributed by atoms with Gasteiger partial charge in [-0.05, 0) is 44.5 Å². The minimum atomic E-state index is 0. The molecule has 20 heavy (non-hydrogen) atoms. The number of rotatable bonds is 4. The molecule has 112 valence electrons. The molecule has 3 heterocycles. The lowest BCUT2D eigenvalue weighted by Crippen LogP contribution is -2.47. The molecule has 1 atom stereocenters. The molecule has 6 heteroatoms. The van der Waals surface area contributed by atoms with Crippen LogP contribution in [-0.2, 0) is 0 Å². The maximum atomic E-state index is 4.32. The van der Waals surface area contributed by atoms with Gasteiger partial charge in [-0.1, -0.05) is 0 Å². The van der Waals surface area contributed by atoms with Crippen LogP contribution in [0.2, 0.25) is 0 Å². The quantitative estimate of drug-likeness (QED) is 0.899. The second-order valence-corrected chi connectivity index (χ2v) is 5.52. The van der Waals surface area contributed by atoms with E-state index in [4.69, 9.17) is 0 Å². The molecule has 1 aromatic rings. The molecule has 0 amide bonds. The van der Waals surface area contributed by atoms with E-state index in [1.807, 2.05) is 18.5 Å². The van der Waals surface area contributed by atoms with Gasteiger partial charge >= 0.3 is 0 Å². The fourth-order valence-electron chi connectivity index (χ4n) is 2.95. The highest BCUT2D eigenvalue weighted by Crippen LogP contribution is 2.15. The first-order chi connectivity index (χ1) is 9.42. The third-order valence-corrected chi connectivity index (χ3v) is 4.22. The molecule has 1 unspecified atom stereocenters. The van der Waals surface area contributed by atoms with Crippen LogP contribution in [0.4, 0.5) is 5.95 Å². The van der Waals surface area contributed by atoms with Crippen LogP contribution in [0.3, 0.4) is 0 Å². The molecular weight excluding hydrogens is 274 g/mol. The zero-order valence-corrected chi connectivity index (χ0v) is 12.7. The van der Waals surface area contributed by atoms with Crippen molar-refractivity contribution in [3.63, 3.8) is 0 Å². The van der Waals surface area contributed by atoms with Crippen molar-refractivity contribution in [2.24, 2.45) is 5.92 Å². The molecule has 0 bridgehead atoms. The Hall–Kier alpha value is -0.910. The maximum Gasteiger partial charge on any atom is 0.225 e. The molecule has 1 N–H and O–H groups in total. The first-order valence-electron chi connectivity index (χ1n) is 7.37. The van der Waals surface area contributed by atoms with Gasteiger partial charge in [-0.25, -0.2) is 9.97 Å². The molecule has 2 saturated heterocycles. The normalized spacial score (nSPS) is 23.6. The Balaban J connectivity index is 0.00000147. The van der Waals surface area contributed by atoms with Gasteiger partial charge in [0.25, 0.3) is 0 Å². The number of nitrogens with zero attached hydrogens (tertiary/aromatic N) is 4. The SMILES string of the molecule is Cl.c1cnc(N2CCN(CCC3CCNC3)CC2)nc1. The van der Waals surface area contributed by atoms with E-state index < -0.39 is 0 Å². The Bertz CT molecular complexity index is 374. The maximum absolute atomic E-state index is 4.32. The van der Waals surface area contributed by atoms with E-state index in [9.17, 15) is 0 Å². The Kier molecular flexibility index (Phi) is 6.01. The van der Waals surface area contributed by atoms with Crippen molar-refractivity contribution in [2.45, 2.75) is 12.8 Å². The number of halogens is 1. The Morgan fingerprint density at radius 3 is 2.55 bits per heavy atom. The van der Waals surface area contributed by atoms with E-state index in [0.717, 1.165) is 38.0 Å². The highest BCUT2D eigenvalue weighted by Gasteiger charge is 2.20. The molecule has 0 aromatic carbocycles. The van der Waals surface area contributed by atoms with E-state index in [1.165, 1.54) is 32.5 Å². The van der Waals surface area contributed by atoms with Gasteiger partial charge < -0.3 is 10.2 Å². The van der Waals surface area contributed by atoms with Crippen LogP contribution in [0.25, 0.3) is 0 Å². The van der Waals surface area contributed by atoms with Gasteiger partial charge in [0.05, 0.1) is 0 Å². The summed E-state index contributed by atoms with van der Waals surface area (Å²) < 4.78 is 0. The monoisotopic (exact) mass is 297 g/mol. The van der Waals surface area contributed by atoms with E-state index in [2.05, 4.69) is 25.1 Å². The summed E-state index contributed by atoms with van der Waals surface area (Å²) in [4.78, 5) is 13.5. The van der Waals surface area contributed by atoms with Crippen LogP contribution >= 0.6 is 12.4 Å². The van der Waals surface area contributed by atoms with E-state index in [1.54, 1.807) is 0 Å². The molecule has 1 aromatic heterocycles. The molecule has 2 aliphatic heterocycles. The van der Waals surface area contributed by atoms with Gasteiger partial charge in [-0.3, -0.25) is 4.90 Å². The first-order valence-corrected chi connectivity index (χ1v) is 7.37. The standard InChI is InChI=1S/C14H23N5.ClH/c1-4-16-14(17-5-1)19-10-8-18(9-11-19)7-3-13-2-6-15-12-13;/h1,4-5,13,15H,2-3,6-12H2;1H. The lowest BCUT2D eigenvalue weighted by molar-refractivity contribution is 0.240. The van der Waals surface area contributed by atoms with Crippen molar-refractivity contribution in [3.05, 3.63) is 18.5 Å². The Morgan fingerprint density at radius 2 is 1.90 bits per heavy atom. The van der Waals surface area contributed by atoms with Crippen molar-refractivity contribution >= 4 is 18.4 Å². The summed E-state index contributed by atoms with van der Waals surface area (Å²) >= 11 is 0. The summed E-state index contributed by atoms with van der Waals surface area (Å²) in [7, 11) is 0. The van der Waals surface area contributed by atoms with Crippen LogP contribution < -0.4 is 10.2 Å². The minimum Gasteiger partial charge on any atom is -0.338 e. The van der Waals surface area contributed by atoms with Crippen molar-refractivity contribution in [1.29, 1.82) is 0 Å². The van der Waals surface area contributed by atoms with Gasteiger partial charge in [0.1, 0.15) is 0 Å². The summed E-state index contributed by atoms with van der Waals surface area (Å²) in [6.45, 7) is 8.05. The summed E-state index contributed by atoms with van der Waals surface area (Å²) in [5.74, 6) is 1.78. The molecule has 5 nitrogen and oxygen atoms in total. The lowest BCUT2D eigenvalue weighted by Gasteiger charge is -2.35. The van der Waals surface area contributed by atoms with E-state index in [0.29, 0.717) is 0 Å². The predicted molar refractivity (Wildman–Crippen MR) is 83.5 cm³/mol. The fourth-order valence-corrected chi connectivity index (χ4v) is 2.95. The summed E-state index contributed by atoms with van der Waals surface area (Å²) in [6, 6.07) is 1.87. The molecule has 0 saturated carbocycles. The van der Waals surface area contributed by atoms with Crippen LogP contribution in [-0.4, -0.2) is 60.7 Å². The number of aromatic nitrogens is 2. The molecule has 0 spiro atoms. The molecule has 3 rings (SSSR count). The fraction of sp³-hybridized carbons (Fsp3) is 0.714. The zero-order valence-electron chi connectivity index (χ0n) is 11.9. The summed E-state index contributed by atoms with van der Waals surface area (Å²) in [5.41, 5.74) is 0. The third kappa shape index (κ3) is 4.04. The average Bonchev–Trinajstić information content (AvgIpc) is 3.00. The largest absolute Gasteiger partial charge is 0.338 e. The van der Waals surface area contributed by atoms with Crippen molar-refractivity contribution in [3.8, 4) is 0 Å². The van der Waals surface area contributed by atoms with Gasteiger partial charge in [0.2, 0.25) is 5.95 Å². The van der Waals surface area contributed by atoms with E-state index in [-0.39, 0.29) is 12.4 Å². The molecule has 2 aliphatic rings. The molecular formula is C14H24ClN5. The number of piperazine rings is 1. The van der Waals surface area contributed by atoms with E-state index >= 15 is 0 Å². The first kappa shape index (κ1) is 15.5. The van der Waals surface area contributed by atoms with Crippen molar-refractivity contribution in [2.75, 3.05) is 50.7 Å². The van der Waals surface area contributed by atoms with Crippen LogP contribution in [0.15, 0.2) is 18.5 Å². The number of anilines is 1. The number of hydrogen-bond acceptors (Lipinski definition) is 5. The Labute approximate surface area is 127 Å². The molecule has 0 radical (unpaired) electrons. The average molecular weight is 298 g/mol. The zero-order chi connectivity index (χ0) is 12.9. The molecule has 2 fully saturated rings. The van der Waals surface area contributed by atoms with Crippen molar-refractivity contribution < 1.29 is 0 Å². The Morgan fingerprint density at radius 1 is 1.15 bits per heavy atom. The minimum absolute atomic E-state index is 0. The third-order valence-electron chi connectivity index (χ3n) is 4.22. The molecule has 0 aliphatic carbocycles. The number of nitrogens with one attached hydrogen (secondary N) is 1. The van der Waals surface area contributed by atoms with Gasteiger partial charge in [-0.15, -0.1) is 12.4 Å². The van der Waals surface area contributed by atoms with Gasteiger partial charge in [-0.2, -0.15) is 0 Å². The van der Waals surface area contributed by atoms with Gasteiger partial charge in [0.15, 0.2) is 0 Å². The highest BCUT2D eigenvalue weighted by molar-refractivity contribution is 5.85. The van der Waals surface area contributed by atoms with Crippen LogP contribution in [0.5, 0.6) is 0 Å². The predicted octanol–water partition coefficient (Wildman–Crippen LogP) is 1.02.